The predicted octanol–water partition coefficient (Wildman–Crippen LogP) is 4.15. The second-order valence-corrected chi connectivity index (χ2v) is 8.41. The number of likely N-dealkylation sites (tertiary alicyclic amines) is 1. The molecule has 1 aromatic rings. The molecule has 22 heavy (non-hydrogen) atoms. The van der Waals surface area contributed by atoms with Crippen LogP contribution in [0.3, 0.4) is 0 Å². The number of nitrogens with zero attached hydrogens (tertiary/aromatic N) is 1. The van der Waals surface area contributed by atoms with Gasteiger partial charge in [0.05, 0.1) is 0 Å². The van der Waals surface area contributed by atoms with Gasteiger partial charge in [-0.25, -0.2) is 0 Å². The van der Waals surface area contributed by atoms with Gasteiger partial charge in [-0.2, -0.15) is 0 Å². The fourth-order valence-electron chi connectivity index (χ4n) is 4.51. The first kappa shape index (κ1) is 15.7. The van der Waals surface area contributed by atoms with E-state index in [1.54, 1.807) is 24.3 Å². The molecule has 0 aromatic heterocycles. The van der Waals surface area contributed by atoms with Gasteiger partial charge in [0.1, 0.15) is 5.75 Å². The normalized spacial score (nSPS) is 29.5. The van der Waals surface area contributed by atoms with Crippen molar-refractivity contribution >= 4 is 17.5 Å². The molecule has 1 aliphatic heterocycles. The van der Waals surface area contributed by atoms with E-state index in [0.29, 0.717) is 22.2 Å². The Kier molecular flexibility index (Phi) is 3.88. The van der Waals surface area contributed by atoms with Gasteiger partial charge in [0.25, 0.3) is 5.91 Å². The minimum absolute atomic E-state index is 0.0985. The van der Waals surface area contributed by atoms with Crippen molar-refractivity contribution in [2.75, 3.05) is 13.2 Å². The highest BCUT2D eigenvalue weighted by atomic mass is 35.5. The van der Waals surface area contributed by atoms with E-state index in [2.05, 4.69) is 20.8 Å². The van der Waals surface area contributed by atoms with Crippen LogP contribution in [-0.2, 0) is 4.79 Å². The number of fused-ring (bicyclic) bond motifs is 2. The molecule has 2 atom stereocenters. The average molecular weight is 322 g/mol. The quantitative estimate of drug-likeness (QED) is 0.837. The highest BCUT2D eigenvalue weighted by molar-refractivity contribution is 6.30. The highest BCUT2D eigenvalue weighted by Crippen LogP contribution is 2.52. The second kappa shape index (κ2) is 5.45. The number of halogens is 1. The van der Waals surface area contributed by atoms with Crippen molar-refractivity contribution in [2.45, 2.75) is 46.1 Å². The molecule has 0 spiro atoms. The van der Waals surface area contributed by atoms with Gasteiger partial charge in [0.2, 0.25) is 0 Å². The first-order valence-electron chi connectivity index (χ1n) is 7.94. The fourth-order valence-corrected chi connectivity index (χ4v) is 4.64. The molecule has 2 fully saturated rings. The molecule has 120 valence electrons. The molecule has 2 bridgehead atoms. The summed E-state index contributed by atoms with van der Waals surface area (Å²) in [5.74, 6) is 0.785. The first-order chi connectivity index (χ1) is 10.3. The van der Waals surface area contributed by atoms with Gasteiger partial charge >= 0.3 is 0 Å². The Bertz CT molecular complexity index is 569. The Morgan fingerprint density at radius 1 is 1.27 bits per heavy atom. The lowest BCUT2D eigenvalue weighted by molar-refractivity contribution is -0.134. The van der Waals surface area contributed by atoms with E-state index >= 15 is 0 Å². The molecule has 0 radical (unpaired) electrons. The van der Waals surface area contributed by atoms with Crippen LogP contribution in [0.5, 0.6) is 5.75 Å². The van der Waals surface area contributed by atoms with Crippen molar-refractivity contribution in [3.8, 4) is 5.75 Å². The number of benzene rings is 1. The number of carbonyl (C=O) groups is 1. The third-order valence-electron chi connectivity index (χ3n) is 4.91. The Morgan fingerprint density at radius 3 is 2.64 bits per heavy atom. The first-order valence-corrected chi connectivity index (χ1v) is 8.32. The molecule has 4 heteroatoms. The van der Waals surface area contributed by atoms with Gasteiger partial charge in [0, 0.05) is 17.6 Å². The Hall–Kier alpha value is -1.22. The maximum absolute atomic E-state index is 12.6. The summed E-state index contributed by atoms with van der Waals surface area (Å²) in [7, 11) is 0. The number of amides is 1. The Labute approximate surface area is 137 Å². The summed E-state index contributed by atoms with van der Waals surface area (Å²) in [6.07, 6.45) is 3.41. The Balaban J connectivity index is 1.62. The van der Waals surface area contributed by atoms with Crippen LogP contribution in [0.15, 0.2) is 24.3 Å². The lowest BCUT2D eigenvalue weighted by Gasteiger charge is -2.39. The minimum Gasteiger partial charge on any atom is -0.484 e. The number of rotatable bonds is 3. The lowest BCUT2D eigenvalue weighted by Crippen LogP contribution is -2.40. The van der Waals surface area contributed by atoms with Crippen molar-refractivity contribution in [3.05, 3.63) is 29.3 Å². The van der Waals surface area contributed by atoms with Crippen LogP contribution < -0.4 is 4.74 Å². The van der Waals surface area contributed by atoms with Crippen LogP contribution in [0, 0.1) is 10.8 Å². The van der Waals surface area contributed by atoms with Crippen molar-refractivity contribution in [1.82, 2.24) is 4.90 Å². The molecule has 2 aliphatic rings. The van der Waals surface area contributed by atoms with Gasteiger partial charge in [-0.05, 0) is 54.4 Å². The third-order valence-corrected chi connectivity index (χ3v) is 5.16. The van der Waals surface area contributed by atoms with Gasteiger partial charge in [0.15, 0.2) is 6.61 Å². The van der Waals surface area contributed by atoms with Crippen molar-refractivity contribution in [2.24, 2.45) is 10.8 Å². The number of ether oxygens (including phenoxy) is 1. The maximum atomic E-state index is 12.6. The smallest absolute Gasteiger partial charge is 0.260 e. The van der Waals surface area contributed by atoms with E-state index in [0.717, 1.165) is 19.4 Å². The molecule has 1 heterocycles. The molecule has 3 rings (SSSR count). The summed E-state index contributed by atoms with van der Waals surface area (Å²) in [4.78, 5) is 14.6. The van der Waals surface area contributed by atoms with Gasteiger partial charge in [-0.3, -0.25) is 4.79 Å². The maximum Gasteiger partial charge on any atom is 0.260 e. The summed E-state index contributed by atoms with van der Waals surface area (Å²) >= 11 is 5.85. The van der Waals surface area contributed by atoms with Crippen LogP contribution in [0.1, 0.15) is 40.0 Å². The largest absolute Gasteiger partial charge is 0.484 e. The van der Waals surface area contributed by atoms with Crippen LogP contribution >= 0.6 is 11.6 Å². The second-order valence-electron chi connectivity index (χ2n) is 7.98. The topological polar surface area (TPSA) is 29.5 Å². The molecular formula is C18H24ClNO2. The summed E-state index contributed by atoms with van der Waals surface area (Å²) < 4.78 is 5.62. The Morgan fingerprint density at radius 2 is 1.95 bits per heavy atom. The lowest BCUT2D eigenvalue weighted by atomic mass is 9.65. The van der Waals surface area contributed by atoms with E-state index in [1.165, 1.54) is 6.42 Å². The molecule has 3 nitrogen and oxygen atoms in total. The van der Waals surface area contributed by atoms with Gasteiger partial charge in [-0.1, -0.05) is 32.4 Å². The SMILES string of the molecule is CC1(C)CC2CC(C)(CN2C(=O)COc2ccc(Cl)cc2)C1. The van der Waals surface area contributed by atoms with Crippen LogP contribution in [-0.4, -0.2) is 30.0 Å². The van der Waals surface area contributed by atoms with Crippen LogP contribution in [0.4, 0.5) is 0 Å². The van der Waals surface area contributed by atoms with E-state index in [1.807, 2.05) is 4.90 Å². The molecular weight excluding hydrogens is 298 g/mol. The van der Waals surface area contributed by atoms with E-state index < -0.39 is 0 Å². The molecule has 0 N–H and O–H groups in total. The van der Waals surface area contributed by atoms with E-state index in [9.17, 15) is 4.79 Å². The van der Waals surface area contributed by atoms with Crippen molar-refractivity contribution in [3.63, 3.8) is 0 Å². The molecule has 1 saturated carbocycles. The number of hydrogen-bond acceptors (Lipinski definition) is 2. The molecule has 2 unspecified atom stereocenters. The zero-order valence-electron chi connectivity index (χ0n) is 13.6. The summed E-state index contributed by atoms with van der Waals surface area (Å²) in [5.41, 5.74) is 0.589. The fraction of sp³-hybridized carbons (Fsp3) is 0.611. The van der Waals surface area contributed by atoms with Crippen molar-refractivity contribution < 1.29 is 9.53 Å². The van der Waals surface area contributed by atoms with Gasteiger partial charge < -0.3 is 9.64 Å². The highest BCUT2D eigenvalue weighted by Gasteiger charge is 2.50. The summed E-state index contributed by atoms with van der Waals surface area (Å²) in [6, 6.07) is 7.50. The van der Waals surface area contributed by atoms with Gasteiger partial charge in [-0.15, -0.1) is 0 Å². The summed E-state index contributed by atoms with van der Waals surface area (Å²) in [5, 5.41) is 0.669. The number of carbonyl (C=O) groups excluding carboxylic acids is 1. The number of hydrogen-bond donors (Lipinski definition) is 0. The van der Waals surface area contributed by atoms with E-state index in [4.69, 9.17) is 16.3 Å². The summed E-state index contributed by atoms with van der Waals surface area (Å²) in [6.45, 7) is 7.91. The molecule has 1 aliphatic carbocycles. The zero-order valence-corrected chi connectivity index (χ0v) is 14.3. The minimum atomic E-state index is 0.0985. The van der Waals surface area contributed by atoms with Crippen LogP contribution in [0.25, 0.3) is 0 Å². The average Bonchev–Trinajstić information content (AvgIpc) is 2.67. The third kappa shape index (κ3) is 3.24. The molecule has 1 amide bonds. The monoisotopic (exact) mass is 321 g/mol. The standard InChI is InChI=1S/C18H24ClNO2/c1-17(2)8-14-9-18(3,11-17)12-20(14)16(21)10-22-15-6-4-13(19)5-7-15/h4-7,14H,8-12H2,1-3H3. The van der Waals surface area contributed by atoms with E-state index in [-0.39, 0.29) is 17.9 Å². The predicted molar refractivity (Wildman–Crippen MR) is 88.2 cm³/mol. The van der Waals surface area contributed by atoms with Crippen LogP contribution in [0.2, 0.25) is 5.02 Å². The molecule has 1 saturated heterocycles. The zero-order chi connectivity index (χ0) is 16.0. The molecule has 1 aromatic carbocycles. The van der Waals surface area contributed by atoms with Crippen molar-refractivity contribution in [1.29, 1.82) is 0 Å².